The van der Waals surface area contributed by atoms with Gasteiger partial charge in [0, 0.05) is 51.1 Å². The van der Waals surface area contributed by atoms with Gasteiger partial charge in [-0.3, -0.25) is 19.4 Å². The Morgan fingerprint density at radius 3 is 1.33 bits per heavy atom. The summed E-state index contributed by atoms with van der Waals surface area (Å²) in [6, 6.07) is 37.4. The number of rotatable bonds is 8. The molecule has 4 aromatic carbocycles. The van der Waals surface area contributed by atoms with Gasteiger partial charge in [-0.15, -0.1) is 0 Å². The number of methoxy groups -OCH3 is 1. The van der Waals surface area contributed by atoms with E-state index in [-0.39, 0.29) is 54.0 Å². The fraction of sp³-hybridized carbons (Fsp3) is 0.341. The van der Waals surface area contributed by atoms with Crippen molar-refractivity contribution in [1.82, 2.24) is 9.80 Å². The molecule has 2 saturated heterocycles. The number of carbonyl (C=O) groups excluding carboxylic acids is 1. The van der Waals surface area contributed by atoms with E-state index in [1.807, 2.05) is 24.3 Å². The van der Waals surface area contributed by atoms with Crippen LogP contribution in [0.5, 0.6) is 0 Å². The molecule has 4 atom stereocenters. The quantitative estimate of drug-likeness (QED) is 0.202. The van der Waals surface area contributed by atoms with Gasteiger partial charge in [-0.25, -0.2) is 4.79 Å². The fourth-order valence-electron chi connectivity index (χ4n) is 6.66. The Morgan fingerprint density at radius 2 is 1.00 bits per heavy atom. The number of hydrogen-bond acceptors (Lipinski definition) is 7. The summed E-state index contributed by atoms with van der Waals surface area (Å²) >= 11 is 0. The van der Waals surface area contributed by atoms with Crippen LogP contribution in [0, 0.1) is 25.7 Å². The van der Waals surface area contributed by atoms with Gasteiger partial charge >= 0.3 is 42.9 Å². The third kappa shape index (κ3) is 13.4. The van der Waals surface area contributed by atoms with E-state index in [1.54, 1.807) is 0 Å². The third-order valence-corrected chi connectivity index (χ3v) is 9.36. The van der Waals surface area contributed by atoms with Crippen LogP contribution in [0.25, 0.3) is 0 Å². The zero-order valence-corrected chi connectivity index (χ0v) is 30.9. The SMILES string of the molecule is COC(=O)[C@@H]1CN(Cc2ccccc2)C[C@H]1c1ccc(C)cc1.Cc1ccc([C@@H]2CN(Cc3ccccc3)C[C@H]2C(=O)O)cc1.O=C(O)C(F)(F)F.[Li+].[OH-]. The number of alkyl halides is 3. The molecular weight excluding hydrogens is 696 g/mol. The van der Waals surface area contributed by atoms with E-state index in [2.05, 4.69) is 109 Å². The standard InChI is InChI=1S/C20H23NO2.C19H21NO2.C2HF3O2.Li.H2O/c1-15-8-10-17(11-9-15)18-13-21(14-19(18)20(22)23-2)12-16-6-4-3-5-7-16;1-14-7-9-16(10-8-14)17-12-20(13-18(17)19(21)22)11-15-5-3-2-4-6-15;3-2(4,5)1(6)7;;/h3-11,18-19H,12-14H2,1-2H3;2-10,17-18H,11-13H2,1H3,(H,21,22);(H,6,7);;1H2/q;;;+1;/p-1/t18-,19+;17-,18+;;;/m00.../s1. The van der Waals surface area contributed by atoms with Crippen LogP contribution in [0.4, 0.5) is 13.2 Å². The zero-order chi connectivity index (χ0) is 37.8. The van der Waals surface area contributed by atoms with E-state index in [0.717, 1.165) is 38.3 Å². The number of esters is 1. The van der Waals surface area contributed by atoms with Crippen LogP contribution in [0.2, 0.25) is 0 Å². The third-order valence-electron chi connectivity index (χ3n) is 9.36. The molecule has 284 valence electrons. The van der Waals surface area contributed by atoms with Gasteiger partial charge in [0.05, 0.1) is 18.9 Å². The maximum Gasteiger partial charge on any atom is 1.00 e. The predicted octanol–water partition coefficient (Wildman–Crippen LogP) is 4.14. The molecule has 0 saturated carbocycles. The molecule has 2 aliphatic rings. The average Bonchev–Trinajstić information content (AvgIpc) is 3.74. The maximum absolute atomic E-state index is 12.2. The number of halogens is 3. The van der Waals surface area contributed by atoms with Crippen LogP contribution < -0.4 is 18.9 Å². The van der Waals surface area contributed by atoms with Gasteiger partial charge in [0.25, 0.3) is 0 Å². The molecule has 0 aromatic heterocycles. The second-order valence-electron chi connectivity index (χ2n) is 13.3. The number of carboxylic acid groups (broad SMARTS) is 2. The minimum atomic E-state index is -5.08. The summed E-state index contributed by atoms with van der Waals surface area (Å²) in [6.07, 6.45) is -5.08. The molecule has 2 heterocycles. The van der Waals surface area contributed by atoms with Crippen molar-refractivity contribution in [3.05, 3.63) is 143 Å². The first-order valence-electron chi connectivity index (χ1n) is 17.0. The number of benzene rings is 4. The van der Waals surface area contributed by atoms with Crippen molar-refractivity contribution in [2.75, 3.05) is 33.3 Å². The van der Waals surface area contributed by atoms with Gasteiger partial charge in [0.1, 0.15) is 0 Å². The summed E-state index contributed by atoms with van der Waals surface area (Å²) in [7, 11) is 1.48. The summed E-state index contributed by atoms with van der Waals surface area (Å²) < 4.78 is 36.8. The minimum Gasteiger partial charge on any atom is -0.870 e. The number of carboxylic acids is 2. The topological polar surface area (TPSA) is 137 Å². The molecular formula is C41H46F3LiN2O7. The normalized spacial score (nSPS) is 19.4. The Morgan fingerprint density at radius 1 is 0.648 bits per heavy atom. The molecule has 2 fully saturated rings. The molecule has 4 aromatic rings. The van der Waals surface area contributed by atoms with Gasteiger partial charge < -0.3 is 20.4 Å². The van der Waals surface area contributed by atoms with E-state index in [1.165, 1.54) is 34.9 Å². The van der Waals surface area contributed by atoms with Crippen molar-refractivity contribution in [2.24, 2.45) is 11.8 Å². The molecule has 2 aliphatic heterocycles. The molecule has 13 heteroatoms. The second kappa shape index (κ2) is 21.4. The van der Waals surface area contributed by atoms with Gasteiger partial charge in [0.2, 0.25) is 0 Å². The number of nitrogens with zero attached hydrogens (tertiary/aromatic N) is 2. The van der Waals surface area contributed by atoms with E-state index in [9.17, 15) is 27.9 Å². The van der Waals surface area contributed by atoms with Crippen molar-refractivity contribution in [3.8, 4) is 0 Å². The summed E-state index contributed by atoms with van der Waals surface area (Å²) in [6.45, 7) is 8.87. The molecule has 0 bridgehead atoms. The van der Waals surface area contributed by atoms with Crippen LogP contribution in [0.15, 0.2) is 109 Å². The van der Waals surface area contributed by atoms with Gasteiger partial charge in [-0.2, -0.15) is 13.2 Å². The second-order valence-corrected chi connectivity index (χ2v) is 13.3. The van der Waals surface area contributed by atoms with Crippen molar-refractivity contribution in [1.29, 1.82) is 0 Å². The zero-order valence-electron chi connectivity index (χ0n) is 30.9. The molecule has 0 amide bonds. The molecule has 3 N–H and O–H groups in total. The van der Waals surface area contributed by atoms with Gasteiger partial charge in [-0.05, 0) is 36.1 Å². The number of carbonyl (C=O) groups is 3. The molecule has 9 nitrogen and oxygen atoms in total. The van der Waals surface area contributed by atoms with Crippen molar-refractivity contribution >= 4 is 17.9 Å². The monoisotopic (exact) mass is 742 g/mol. The van der Waals surface area contributed by atoms with E-state index < -0.39 is 18.1 Å². The number of aliphatic carboxylic acids is 2. The Kier molecular flexibility index (Phi) is 18.2. The Hall–Kier alpha value is -4.44. The summed E-state index contributed by atoms with van der Waals surface area (Å²) in [5.74, 6) is -3.70. The van der Waals surface area contributed by atoms with E-state index in [0.29, 0.717) is 6.54 Å². The van der Waals surface area contributed by atoms with Gasteiger partial charge in [-0.1, -0.05) is 120 Å². The smallest absolute Gasteiger partial charge is 0.870 e. The number of ether oxygens (including phenoxy) is 1. The molecule has 0 aliphatic carbocycles. The molecule has 54 heavy (non-hydrogen) atoms. The number of likely N-dealkylation sites (tertiary alicyclic amines) is 2. The maximum atomic E-state index is 12.2. The average molecular weight is 743 g/mol. The van der Waals surface area contributed by atoms with Crippen LogP contribution >= 0.6 is 0 Å². The molecule has 6 rings (SSSR count). The summed E-state index contributed by atoms with van der Waals surface area (Å²) in [5.41, 5.74) is 7.31. The van der Waals surface area contributed by atoms with Crippen molar-refractivity contribution in [2.45, 2.75) is 44.9 Å². The summed E-state index contributed by atoms with van der Waals surface area (Å²) in [5, 5.41) is 16.7. The van der Waals surface area contributed by atoms with E-state index >= 15 is 0 Å². The van der Waals surface area contributed by atoms with Crippen molar-refractivity contribution < 1.29 is 66.8 Å². The Balaban J connectivity index is 0.000000309. The van der Waals surface area contributed by atoms with Crippen LogP contribution in [-0.4, -0.2) is 82.9 Å². The Bertz CT molecular complexity index is 1750. The van der Waals surface area contributed by atoms with Crippen LogP contribution in [-0.2, 0) is 32.2 Å². The molecule has 0 radical (unpaired) electrons. The first kappa shape index (κ1) is 45.7. The van der Waals surface area contributed by atoms with Crippen LogP contribution in [0.1, 0.15) is 45.2 Å². The first-order valence-corrected chi connectivity index (χ1v) is 17.0. The van der Waals surface area contributed by atoms with Crippen LogP contribution in [0.3, 0.4) is 0 Å². The van der Waals surface area contributed by atoms with E-state index in [4.69, 9.17) is 14.6 Å². The first-order chi connectivity index (χ1) is 24.7. The molecule has 0 spiro atoms. The predicted molar refractivity (Wildman–Crippen MR) is 194 cm³/mol. The van der Waals surface area contributed by atoms with Gasteiger partial charge in [0.15, 0.2) is 0 Å². The number of hydrogen-bond donors (Lipinski definition) is 2. The summed E-state index contributed by atoms with van der Waals surface area (Å²) in [4.78, 5) is 37.3. The minimum absolute atomic E-state index is 0. The number of aryl methyl sites for hydroxylation is 2. The largest absolute Gasteiger partial charge is 1.00 e. The van der Waals surface area contributed by atoms with Crippen molar-refractivity contribution in [3.63, 3.8) is 0 Å². The Labute approximate surface area is 326 Å². The molecule has 0 unspecified atom stereocenters. The fourth-order valence-corrected chi connectivity index (χ4v) is 6.66.